The van der Waals surface area contributed by atoms with Gasteiger partial charge < -0.3 is 19.5 Å². The zero-order valence-corrected chi connectivity index (χ0v) is 18.5. The van der Waals surface area contributed by atoms with Gasteiger partial charge in [-0.05, 0) is 54.1 Å². The number of nitriles is 1. The molecule has 0 saturated carbocycles. The Balaban J connectivity index is 1.83. The fourth-order valence-electron chi connectivity index (χ4n) is 3.01. The van der Waals surface area contributed by atoms with Crippen LogP contribution >= 0.6 is 0 Å². The molecule has 1 N–H and O–H groups in total. The van der Waals surface area contributed by atoms with E-state index >= 15 is 0 Å². The van der Waals surface area contributed by atoms with E-state index in [2.05, 4.69) is 5.32 Å². The number of nitro benzene ring substituents is 1. The molecule has 0 aliphatic rings. The van der Waals surface area contributed by atoms with Crippen molar-refractivity contribution in [2.45, 2.75) is 6.61 Å². The summed E-state index contributed by atoms with van der Waals surface area (Å²) in [6.45, 7) is 0.0964. The molecule has 0 aliphatic heterocycles. The Hall–Kier alpha value is -4.84. The number of hydrogen-bond donors (Lipinski definition) is 1. The lowest BCUT2D eigenvalue weighted by molar-refractivity contribution is -0.384. The number of carbonyl (C=O) groups is 1. The lowest BCUT2D eigenvalue weighted by Crippen LogP contribution is -2.13. The Morgan fingerprint density at radius 2 is 1.76 bits per heavy atom. The predicted molar refractivity (Wildman–Crippen MR) is 126 cm³/mol. The van der Waals surface area contributed by atoms with Crippen molar-refractivity contribution in [3.8, 4) is 23.3 Å². The van der Waals surface area contributed by atoms with E-state index in [1.807, 2.05) is 6.07 Å². The number of nitrogens with one attached hydrogen (secondary N) is 1. The average Bonchev–Trinajstić information content (AvgIpc) is 2.86. The molecular weight excluding hydrogens is 438 g/mol. The summed E-state index contributed by atoms with van der Waals surface area (Å²) >= 11 is 0. The standard InChI is InChI=1S/C25H21N3O6/c1-32-22-12-8-20(9-13-22)27-25(29)19(15-26)14-18-4-3-5-23(33-2)24(18)34-16-17-6-10-21(11-7-17)28(30)31/h3-14H,16H2,1-2H3,(H,27,29)/b19-14-. The second kappa shape index (κ2) is 11.2. The summed E-state index contributed by atoms with van der Waals surface area (Å²) < 4.78 is 16.4. The monoisotopic (exact) mass is 459 g/mol. The summed E-state index contributed by atoms with van der Waals surface area (Å²) in [7, 11) is 3.02. The minimum Gasteiger partial charge on any atom is -0.497 e. The van der Waals surface area contributed by atoms with E-state index in [-0.39, 0.29) is 17.9 Å². The minimum atomic E-state index is -0.586. The van der Waals surface area contributed by atoms with Gasteiger partial charge in [0.2, 0.25) is 0 Å². The summed E-state index contributed by atoms with van der Waals surface area (Å²) in [5.74, 6) is 0.786. The van der Waals surface area contributed by atoms with Gasteiger partial charge in [0, 0.05) is 23.4 Å². The van der Waals surface area contributed by atoms with Crippen molar-refractivity contribution in [3.63, 3.8) is 0 Å². The normalized spacial score (nSPS) is 10.7. The number of para-hydroxylation sites is 1. The van der Waals surface area contributed by atoms with E-state index < -0.39 is 10.8 Å². The number of nitrogens with zero attached hydrogens (tertiary/aromatic N) is 2. The molecule has 0 aliphatic carbocycles. The number of benzene rings is 3. The number of methoxy groups -OCH3 is 2. The van der Waals surface area contributed by atoms with Gasteiger partial charge >= 0.3 is 0 Å². The number of rotatable bonds is 9. The van der Waals surface area contributed by atoms with Gasteiger partial charge in [0.05, 0.1) is 19.1 Å². The number of carbonyl (C=O) groups excluding carboxylic acids is 1. The fraction of sp³-hybridized carbons (Fsp3) is 0.120. The van der Waals surface area contributed by atoms with Gasteiger partial charge in [-0.3, -0.25) is 14.9 Å². The highest BCUT2D eigenvalue weighted by molar-refractivity contribution is 6.09. The first kappa shape index (κ1) is 23.8. The molecule has 3 aromatic carbocycles. The largest absolute Gasteiger partial charge is 0.497 e. The molecule has 0 fully saturated rings. The maximum absolute atomic E-state index is 12.7. The Morgan fingerprint density at radius 1 is 1.06 bits per heavy atom. The molecule has 0 spiro atoms. The van der Waals surface area contributed by atoms with Crippen LogP contribution in [0.2, 0.25) is 0 Å². The zero-order valence-electron chi connectivity index (χ0n) is 18.5. The first-order chi connectivity index (χ1) is 16.4. The minimum absolute atomic E-state index is 0.0220. The lowest BCUT2D eigenvalue weighted by Gasteiger charge is -2.14. The summed E-state index contributed by atoms with van der Waals surface area (Å²) in [6, 6.07) is 19.7. The van der Waals surface area contributed by atoms with Crippen molar-refractivity contribution < 1.29 is 23.9 Å². The van der Waals surface area contributed by atoms with Crippen LogP contribution in [0, 0.1) is 21.4 Å². The summed E-state index contributed by atoms with van der Waals surface area (Å²) in [5.41, 5.74) is 1.51. The third kappa shape index (κ3) is 5.89. The molecule has 0 unspecified atom stereocenters. The molecule has 3 aromatic rings. The van der Waals surface area contributed by atoms with Gasteiger partial charge in [0.1, 0.15) is 24.0 Å². The molecule has 1 amide bonds. The van der Waals surface area contributed by atoms with E-state index in [0.29, 0.717) is 34.1 Å². The van der Waals surface area contributed by atoms with Gasteiger partial charge in [0.25, 0.3) is 11.6 Å². The van der Waals surface area contributed by atoms with Crippen LogP contribution in [0.5, 0.6) is 17.2 Å². The molecule has 0 saturated heterocycles. The molecule has 0 radical (unpaired) electrons. The van der Waals surface area contributed by atoms with Crippen molar-refractivity contribution in [2.24, 2.45) is 0 Å². The maximum Gasteiger partial charge on any atom is 0.269 e. The lowest BCUT2D eigenvalue weighted by atomic mass is 10.1. The molecule has 34 heavy (non-hydrogen) atoms. The van der Waals surface area contributed by atoms with E-state index in [9.17, 15) is 20.2 Å². The van der Waals surface area contributed by atoms with Crippen molar-refractivity contribution in [1.82, 2.24) is 0 Å². The Bertz CT molecular complexity index is 1250. The summed E-state index contributed by atoms with van der Waals surface area (Å²) in [5, 5.41) is 23.1. The highest BCUT2D eigenvalue weighted by atomic mass is 16.6. The first-order valence-corrected chi connectivity index (χ1v) is 10.1. The average molecular weight is 459 g/mol. The zero-order chi connectivity index (χ0) is 24.5. The Labute approximate surface area is 196 Å². The van der Waals surface area contributed by atoms with Gasteiger partial charge in [-0.1, -0.05) is 12.1 Å². The van der Waals surface area contributed by atoms with Gasteiger partial charge in [-0.15, -0.1) is 0 Å². The molecule has 3 rings (SSSR count). The predicted octanol–water partition coefficient (Wildman–Crippen LogP) is 4.74. The van der Waals surface area contributed by atoms with Gasteiger partial charge in [-0.2, -0.15) is 5.26 Å². The third-order valence-electron chi connectivity index (χ3n) is 4.77. The second-order valence-corrected chi connectivity index (χ2v) is 6.94. The van der Waals surface area contributed by atoms with Crippen LogP contribution in [0.15, 0.2) is 72.3 Å². The van der Waals surface area contributed by atoms with Crippen LogP contribution < -0.4 is 19.5 Å². The molecule has 0 aromatic heterocycles. The molecule has 0 atom stereocenters. The van der Waals surface area contributed by atoms with E-state index in [0.717, 1.165) is 0 Å². The number of anilines is 1. The molecule has 9 heteroatoms. The molecule has 9 nitrogen and oxygen atoms in total. The SMILES string of the molecule is COc1ccc(NC(=O)/C(C#N)=C\c2cccc(OC)c2OCc2ccc([N+](=O)[O-])cc2)cc1. The summed E-state index contributed by atoms with van der Waals surface area (Å²) in [4.78, 5) is 23.0. The van der Waals surface area contributed by atoms with Crippen LogP contribution in [0.3, 0.4) is 0 Å². The Morgan fingerprint density at radius 3 is 2.35 bits per heavy atom. The Kier molecular flexibility index (Phi) is 7.81. The fourth-order valence-corrected chi connectivity index (χ4v) is 3.01. The van der Waals surface area contributed by atoms with Crippen molar-refractivity contribution in [3.05, 3.63) is 93.5 Å². The third-order valence-corrected chi connectivity index (χ3v) is 4.77. The molecular formula is C25H21N3O6. The van der Waals surface area contributed by atoms with E-state index in [1.165, 1.54) is 25.3 Å². The van der Waals surface area contributed by atoms with Crippen LogP contribution in [0.4, 0.5) is 11.4 Å². The second-order valence-electron chi connectivity index (χ2n) is 6.94. The van der Waals surface area contributed by atoms with Gasteiger partial charge in [-0.25, -0.2) is 0 Å². The highest BCUT2D eigenvalue weighted by Gasteiger charge is 2.15. The number of hydrogen-bond acceptors (Lipinski definition) is 7. The quantitative estimate of drug-likeness (QED) is 0.212. The van der Waals surface area contributed by atoms with Crippen LogP contribution in [0.25, 0.3) is 6.08 Å². The van der Waals surface area contributed by atoms with Crippen molar-refractivity contribution in [1.29, 1.82) is 5.26 Å². The molecule has 0 bridgehead atoms. The van der Waals surface area contributed by atoms with E-state index in [1.54, 1.807) is 61.7 Å². The van der Waals surface area contributed by atoms with Crippen LogP contribution in [0.1, 0.15) is 11.1 Å². The topological polar surface area (TPSA) is 124 Å². The number of ether oxygens (including phenoxy) is 3. The number of amides is 1. The van der Waals surface area contributed by atoms with Crippen LogP contribution in [-0.2, 0) is 11.4 Å². The molecule has 172 valence electrons. The maximum atomic E-state index is 12.7. The highest BCUT2D eigenvalue weighted by Crippen LogP contribution is 2.33. The molecule has 0 heterocycles. The van der Waals surface area contributed by atoms with E-state index in [4.69, 9.17) is 14.2 Å². The van der Waals surface area contributed by atoms with Crippen molar-refractivity contribution in [2.75, 3.05) is 19.5 Å². The smallest absolute Gasteiger partial charge is 0.269 e. The number of non-ortho nitro benzene ring substituents is 1. The summed E-state index contributed by atoms with van der Waals surface area (Å²) in [6.07, 6.45) is 1.41. The number of nitro groups is 1. The van der Waals surface area contributed by atoms with Crippen molar-refractivity contribution >= 4 is 23.4 Å². The van der Waals surface area contributed by atoms with Crippen LogP contribution in [-0.4, -0.2) is 25.1 Å². The van der Waals surface area contributed by atoms with Gasteiger partial charge in [0.15, 0.2) is 11.5 Å². The first-order valence-electron chi connectivity index (χ1n) is 10.1.